The van der Waals surface area contributed by atoms with Crippen LogP contribution in [0.3, 0.4) is 0 Å². The molecule has 1 aliphatic heterocycles. The summed E-state index contributed by atoms with van der Waals surface area (Å²) in [6, 6.07) is 3.93. The summed E-state index contributed by atoms with van der Waals surface area (Å²) < 4.78 is 0. The van der Waals surface area contributed by atoms with Gasteiger partial charge in [-0.1, -0.05) is 0 Å². The second kappa shape index (κ2) is 5.15. The molecular weight excluding hydrogens is 250 g/mol. The van der Waals surface area contributed by atoms with Gasteiger partial charge in [0.2, 0.25) is 5.95 Å². The smallest absolute Gasteiger partial charge is 0.225 e. The molecule has 5 nitrogen and oxygen atoms in total. The summed E-state index contributed by atoms with van der Waals surface area (Å²) in [6.45, 7) is 7.88. The van der Waals surface area contributed by atoms with Crippen molar-refractivity contribution >= 4 is 5.95 Å². The van der Waals surface area contributed by atoms with Gasteiger partial charge in [-0.25, -0.2) is 19.9 Å². The van der Waals surface area contributed by atoms with E-state index in [1.54, 1.807) is 0 Å². The summed E-state index contributed by atoms with van der Waals surface area (Å²) >= 11 is 0. The van der Waals surface area contributed by atoms with Crippen molar-refractivity contribution in [2.75, 3.05) is 18.0 Å². The number of hydrogen-bond donors (Lipinski definition) is 0. The Balaban J connectivity index is 1.79. The molecule has 0 amide bonds. The topological polar surface area (TPSA) is 54.8 Å². The van der Waals surface area contributed by atoms with E-state index >= 15 is 0 Å². The maximum absolute atomic E-state index is 4.54. The van der Waals surface area contributed by atoms with Crippen LogP contribution in [0.2, 0.25) is 0 Å². The van der Waals surface area contributed by atoms with E-state index in [-0.39, 0.29) is 0 Å². The highest BCUT2D eigenvalue weighted by atomic mass is 15.3. The van der Waals surface area contributed by atoms with E-state index in [2.05, 4.69) is 24.8 Å². The summed E-state index contributed by atoms with van der Waals surface area (Å²) in [5.41, 5.74) is 3.06. The van der Waals surface area contributed by atoms with Gasteiger partial charge in [0.25, 0.3) is 0 Å². The molecule has 5 heteroatoms. The van der Waals surface area contributed by atoms with E-state index in [9.17, 15) is 0 Å². The number of rotatable bonds is 2. The monoisotopic (exact) mass is 269 g/mol. The van der Waals surface area contributed by atoms with Gasteiger partial charge in [0, 0.05) is 42.3 Å². The zero-order valence-electron chi connectivity index (χ0n) is 12.2. The molecule has 20 heavy (non-hydrogen) atoms. The fourth-order valence-corrected chi connectivity index (χ4v) is 2.67. The van der Waals surface area contributed by atoms with Crippen molar-refractivity contribution in [1.82, 2.24) is 19.9 Å². The highest BCUT2D eigenvalue weighted by Gasteiger charge is 2.27. The lowest BCUT2D eigenvalue weighted by molar-refractivity contribution is 0.702. The summed E-state index contributed by atoms with van der Waals surface area (Å²) in [6.07, 6.45) is 2.90. The molecule has 0 radical (unpaired) electrons. The molecule has 104 valence electrons. The van der Waals surface area contributed by atoms with Crippen LogP contribution in [0.5, 0.6) is 0 Å². The molecule has 0 unspecified atom stereocenters. The van der Waals surface area contributed by atoms with Gasteiger partial charge in [0.15, 0.2) is 0 Å². The van der Waals surface area contributed by atoms with Crippen LogP contribution in [0.1, 0.15) is 35.2 Å². The average Bonchev–Trinajstić information content (AvgIpc) is 2.87. The van der Waals surface area contributed by atoms with Crippen molar-refractivity contribution in [3.05, 3.63) is 41.2 Å². The maximum Gasteiger partial charge on any atom is 0.225 e. The Morgan fingerprint density at radius 2 is 1.80 bits per heavy atom. The second-order valence-electron chi connectivity index (χ2n) is 5.44. The first kappa shape index (κ1) is 13.0. The zero-order valence-corrected chi connectivity index (χ0v) is 12.2. The van der Waals surface area contributed by atoms with Crippen LogP contribution >= 0.6 is 0 Å². The van der Waals surface area contributed by atoms with Crippen LogP contribution in [0.15, 0.2) is 18.3 Å². The van der Waals surface area contributed by atoms with Gasteiger partial charge in [-0.05, 0) is 39.3 Å². The Labute approximate surface area is 119 Å². The molecule has 0 N–H and O–H groups in total. The largest absolute Gasteiger partial charge is 0.340 e. The number of aryl methyl sites for hydroxylation is 3. The Morgan fingerprint density at radius 3 is 2.50 bits per heavy atom. The number of hydrogen-bond acceptors (Lipinski definition) is 5. The summed E-state index contributed by atoms with van der Waals surface area (Å²) in [5, 5.41) is 0. The molecular formula is C15H19N5. The van der Waals surface area contributed by atoms with Gasteiger partial charge in [0.1, 0.15) is 5.82 Å². The molecule has 2 aromatic rings. The van der Waals surface area contributed by atoms with E-state index in [0.29, 0.717) is 5.92 Å². The van der Waals surface area contributed by atoms with Crippen molar-refractivity contribution in [2.45, 2.75) is 33.1 Å². The lowest BCUT2D eigenvalue weighted by Crippen LogP contribution is -2.22. The highest BCUT2D eigenvalue weighted by Crippen LogP contribution is 2.27. The SMILES string of the molecule is Cc1ccnc([C@@H]2CCN(c3nc(C)cc(C)n3)C2)n1. The molecule has 1 atom stereocenters. The van der Waals surface area contributed by atoms with Crippen molar-refractivity contribution in [3.63, 3.8) is 0 Å². The Bertz CT molecular complexity index is 605. The molecule has 0 aliphatic carbocycles. The van der Waals surface area contributed by atoms with Crippen molar-refractivity contribution in [2.24, 2.45) is 0 Å². The molecule has 1 aliphatic rings. The number of aromatic nitrogens is 4. The van der Waals surface area contributed by atoms with Crippen LogP contribution in [0.25, 0.3) is 0 Å². The van der Waals surface area contributed by atoms with Gasteiger partial charge < -0.3 is 4.90 Å². The van der Waals surface area contributed by atoms with Crippen molar-refractivity contribution < 1.29 is 0 Å². The number of nitrogens with zero attached hydrogens (tertiary/aromatic N) is 5. The minimum absolute atomic E-state index is 0.374. The van der Waals surface area contributed by atoms with Crippen molar-refractivity contribution in [1.29, 1.82) is 0 Å². The highest BCUT2D eigenvalue weighted by molar-refractivity contribution is 5.35. The third-order valence-corrected chi connectivity index (χ3v) is 3.62. The van der Waals surface area contributed by atoms with Gasteiger partial charge >= 0.3 is 0 Å². The van der Waals surface area contributed by atoms with Gasteiger partial charge in [-0.2, -0.15) is 0 Å². The van der Waals surface area contributed by atoms with Crippen LogP contribution in [-0.2, 0) is 0 Å². The molecule has 0 saturated carbocycles. The van der Waals surface area contributed by atoms with Crippen LogP contribution in [0.4, 0.5) is 5.95 Å². The summed E-state index contributed by atoms with van der Waals surface area (Å²) in [4.78, 5) is 20.2. The Hall–Kier alpha value is -2.04. The van der Waals surface area contributed by atoms with Gasteiger partial charge in [-0.3, -0.25) is 0 Å². The van der Waals surface area contributed by atoms with E-state index in [1.807, 2.05) is 39.1 Å². The van der Waals surface area contributed by atoms with E-state index in [4.69, 9.17) is 0 Å². The third kappa shape index (κ3) is 2.61. The Morgan fingerprint density at radius 1 is 1.05 bits per heavy atom. The van der Waals surface area contributed by atoms with Crippen LogP contribution in [-0.4, -0.2) is 33.0 Å². The molecule has 1 saturated heterocycles. The molecule has 3 rings (SSSR count). The van der Waals surface area contributed by atoms with Gasteiger partial charge in [-0.15, -0.1) is 0 Å². The first-order valence-electron chi connectivity index (χ1n) is 6.98. The molecule has 0 bridgehead atoms. The standard InChI is InChI=1S/C15H19N5/c1-10-4-6-16-14(17-10)13-5-7-20(9-13)15-18-11(2)8-12(3)19-15/h4,6,8,13H,5,7,9H2,1-3H3/t13-/m1/s1. The molecule has 0 spiro atoms. The predicted octanol–water partition coefficient (Wildman–Crippen LogP) is 2.19. The quantitative estimate of drug-likeness (QED) is 0.836. The first-order valence-corrected chi connectivity index (χ1v) is 6.98. The Kier molecular flexibility index (Phi) is 3.34. The van der Waals surface area contributed by atoms with E-state index < -0.39 is 0 Å². The first-order chi connectivity index (χ1) is 9.61. The fourth-order valence-electron chi connectivity index (χ4n) is 2.67. The lowest BCUT2D eigenvalue weighted by Gasteiger charge is -2.17. The second-order valence-corrected chi connectivity index (χ2v) is 5.44. The molecule has 3 heterocycles. The van der Waals surface area contributed by atoms with E-state index in [0.717, 1.165) is 48.4 Å². The third-order valence-electron chi connectivity index (χ3n) is 3.62. The lowest BCUT2D eigenvalue weighted by atomic mass is 10.1. The maximum atomic E-state index is 4.54. The van der Waals surface area contributed by atoms with Crippen LogP contribution in [0, 0.1) is 20.8 Å². The summed E-state index contributed by atoms with van der Waals surface area (Å²) in [7, 11) is 0. The molecule has 0 aromatic carbocycles. The zero-order chi connectivity index (χ0) is 14.1. The normalized spacial score (nSPS) is 18.6. The minimum Gasteiger partial charge on any atom is -0.340 e. The minimum atomic E-state index is 0.374. The molecule has 2 aromatic heterocycles. The average molecular weight is 269 g/mol. The van der Waals surface area contributed by atoms with E-state index in [1.165, 1.54) is 0 Å². The summed E-state index contributed by atoms with van der Waals surface area (Å²) in [5.74, 6) is 2.15. The predicted molar refractivity (Wildman–Crippen MR) is 77.8 cm³/mol. The fraction of sp³-hybridized carbons (Fsp3) is 0.467. The van der Waals surface area contributed by atoms with Crippen LogP contribution < -0.4 is 4.90 Å². The molecule has 1 fully saturated rings. The van der Waals surface area contributed by atoms with Gasteiger partial charge in [0.05, 0.1) is 0 Å². The number of anilines is 1. The van der Waals surface area contributed by atoms with Crippen molar-refractivity contribution in [3.8, 4) is 0 Å².